The van der Waals surface area contributed by atoms with Crippen LogP contribution in [0.2, 0.25) is 0 Å². The Morgan fingerprint density at radius 2 is 1.57 bits per heavy atom. The molecule has 0 unspecified atom stereocenters. The van der Waals surface area contributed by atoms with E-state index in [1.807, 2.05) is 49.4 Å². The summed E-state index contributed by atoms with van der Waals surface area (Å²) in [7, 11) is 0. The third-order valence-corrected chi connectivity index (χ3v) is 2.94. The highest BCUT2D eigenvalue weighted by atomic mass is 16.5. The summed E-state index contributed by atoms with van der Waals surface area (Å²) in [5, 5.41) is 2.57. The highest BCUT2D eigenvalue weighted by molar-refractivity contribution is 5.91. The van der Waals surface area contributed by atoms with E-state index in [-0.39, 0.29) is 12.5 Å². The van der Waals surface area contributed by atoms with Crippen LogP contribution in [0.3, 0.4) is 0 Å². The fraction of sp³-hybridized carbons (Fsp3) is 0.176. The molecule has 0 saturated heterocycles. The number of amides is 1. The van der Waals surface area contributed by atoms with Crippen LogP contribution < -0.4 is 5.32 Å². The molecule has 1 N–H and O–H groups in total. The summed E-state index contributed by atoms with van der Waals surface area (Å²) in [4.78, 5) is 23.0. The van der Waals surface area contributed by atoms with E-state index in [9.17, 15) is 9.59 Å². The number of nitrogens with one attached hydrogen (secondary N) is 1. The molecule has 0 saturated carbocycles. The first-order valence-corrected chi connectivity index (χ1v) is 6.80. The van der Waals surface area contributed by atoms with Gasteiger partial charge in [0, 0.05) is 6.54 Å². The van der Waals surface area contributed by atoms with Gasteiger partial charge in [-0.3, -0.25) is 4.79 Å². The van der Waals surface area contributed by atoms with Crippen molar-refractivity contribution in [2.45, 2.75) is 6.92 Å². The van der Waals surface area contributed by atoms with Gasteiger partial charge in [-0.1, -0.05) is 42.5 Å². The number of rotatable bonds is 5. The Labute approximate surface area is 123 Å². The molecule has 21 heavy (non-hydrogen) atoms. The molecular weight excluding hydrogens is 266 g/mol. The molecule has 0 aliphatic carbocycles. The van der Waals surface area contributed by atoms with E-state index in [4.69, 9.17) is 4.74 Å². The van der Waals surface area contributed by atoms with E-state index >= 15 is 0 Å². The molecule has 0 spiro atoms. The van der Waals surface area contributed by atoms with Crippen LogP contribution in [0, 0.1) is 0 Å². The number of hydrogen-bond donors (Lipinski definition) is 1. The number of benzene rings is 2. The summed E-state index contributed by atoms with van der Waals surface area (Å²) < 4.78 is 4.94. The van der Waals surface area contributed by atoms with Gasteiger partial charge in [0.25, 0.3) is 5.91 Å². The minimum atomic E-state index is -0.499. The standard InChI is InChI=1S/C17H17NO3/c1-2-18-16(19)12-21-17(20)15-10-8-14(9-11-15)13-6-4-3-5-7-13/h3-11H,2,12H2,1H3,(H,18,19). The zero-order valence-electron chi connectivity index (χ0n) is 11.8. The highest BCUT2D eigenvalue weighted by Gasteiger charge is 2.09. The Morgan fingerprint density at radius 1 is 0.952 bits per heavy atom. The van der Waals surface area contributed by atoms with Crippen LogP contribution in [0.1, 0.15) is 17.3 Å². The first-order chi connectivity index (χ1) is 10.2. The van der Waals surface area contributed by atoms with Crippen molar-refractivity contribution >= 4 is 11.9 Å². The maximum Gasteiger partial charge on any atom is 0.338 e. The van der Waals surface area contributed by atoms with Gasteiger partial charge in [0.2, 0.25) is 0 Å². The molecule has 1 amide bonds. The van der Waals surface area contributed by atoms with Gasteiger partial charge in [-0.15, -0.1) is 0 Å². The van der Waals surface area contributed by atoms with Crippen molar-refractivity contribution in [3.8, 4) is 11.1 Å². The van der Waals surface area contributed by atoms with Crippen molar-refractivity contribution < 1.29 is 14.3 Å². The van der Waals surface area contributed by atoms with Crippen LogP contribution in [-0.2, 0) is 9.53 Å². The second-order valence-electron chi connectivity index (χ2n) is 4.47. The summed E-state index contributed by atoms with van der Waals surface area (Å²) in [5.41, 5.74) is 2.54. The summed E-state index contributed by atoms with van der Waals surface area (Å²) >= 11 is 0. The lowest BCUT2D eigenvalue weighted by atomic mass is 10.0. The topological polar surface area (TPSA) is 55.4 Å². The maximum atomic E-state index is 11.8. The number of carbonyl (C=O) groups is 2. The summed E-state index contributed by atoms with van der Waals surface area (Å²) in [6, 6.07) is 17.0. The van der Waals surface area contributed by atoms with E-state index in [2.05, 4.69) is 5.32 Å². The van der Waals surface area contributed by atoms with Crippen molar-refractivity contribution in [3.05, 3.63) is 60.2 Å². The second kappa shape index (κ2) is 7.24. The summed E-state index contributed by atoms with van der Waals surface area (Å²) in [6.07, 6.45) is 0. The number of ether oxygens (including phenoxy) is 1. The number of likely N-dealkylation sites (N-methyl/N-ethyl adjacent to an activating group) is 1. The van der Waals surface area contributed by atoms with Gasteiger partial charge in [-0.25, -0.2) is 4.79 Å². The molecule has 0 aromatic heterocycles. The van der Waals surface area contributed by atoms with Gasteiger partial charge in [0.15, 0.2) is 6.61 Å². The Balaban J connectivity index is 1.99. The number of hydrogen-bond acceptors (Lipinski definition) is 3. The lowest BCUT2D eigenvalue weighted by molar-refractivity contribution is -0.124. The van der Waals surface area contributed by atoms with Crippen LogP contribution in [0.4, 0.5) is 0 Å². The molecule has 0 aliphatic heterocycles. The summed E-state index contributed by atoms with van der Waals surface area (Å²) in [5.74, 6) is -0.798. The largest absolute Gasteiger partial charge is 0.452 e. The van der Waals surface area contributed by atoms with Gasteiger partial charge in [0.1, 0.15) is 0 Å². The molecule has 0 bridgehead atoms. The molecule has 2 rings (SSSR count). The van der Waals surface area contributed by atoms with E-state index in [0.29, 0.717) is 12.1 Å². The van der Waals surface area contributed by atoms with Gasteiger partial charge >= 0.3 is 5.97 Å². The van der Waals surface area contributed by atoms with Crippen LogP contribution in [0.25, 0.3) is 11.1 Å². The second-order valence-corrected chi connectivity index (χ2v) is 4.47. The highest BCUT2D eigenvalue weighted by Crippen LogP contribution is 2.19. The van der Waals surface area contributed by atoms with Crippen molar-refractivity contribution in [2.75, 3.05) is 13.2 Å². The molecule has 0 fully saturated rings. The minimum absolute atomic E-state index is 0.257. The Kier molecular flexibility index (Phi) is 5.10. The van der Waals surface area contributed by atoms with Crippen LogP contribution in [0.15, 0.2) is 54.6 Å². The Bertz CT molecular complexity index is 606. The van der Waals surface area contributed by atoms with Gasteiger partial charge in [0.05, 0.1) is 5.56 Å². The predicted molar refractivity (Wildman–Crippen MR) is 80.8 cm³/mol. The molecule has 0 atom stereocenters. The van der Waals surface area contributed by atoms with E-state index < -0.39 is 5.97 Å². The normalized spacial score (nSPS) is 9.95. The predicted octanol–water partition coefficient (Wildman–Crippen LogP) is 2.65. The lowest BCUT2D eigenvalue weighted by Crippen LogP contribution is -2.28. The number of carbonyl (C=O) groups excluding carboxylic acids is 2. The minimum Gasteiger partial charge on any atom is -0.452 e. The van der Waals surface area contributed by atoms with Crippen LogP contribution in [0.5, 0.6) is 0 Å². The molecule has 0 heterocycles. The Morgan fingerprint density at radius 3 is 2.19 bits per heavy atom. The average Bonchev–Trinajstić information content (AvgIpc) is 2.54. The van der Waals surface area contributed by atoms with E-state index in [1.165, 1.54) is 0 Å². The molecule has 108 valence electrons. The first kappa shape index (κ1) is 14.8. The van der Waals surface area contributed by atoms with Crippen molar-refractivity contribution in [1.82, 2.24) is 5.32 Å². The quantitative estimate of drug-likeness (QED) is 0.858. The molecule has 4 heteroatoms. The average molecular weight is 283 g/mol. The third kappa shape index (κ3) is 4.18. The monoisotopic (exact) mass is 283 g/mol. The van der Waals surface area contributed by atoms with Crippen molar-refractivity contribution in [2.24, 2.45) is 0 Å². The summed E-state index contributed by atoms with van der Waals surface area (Å²) in [6.45, 7) is 2.07. The lowest BCUT2D eigenvalue weighted by Gasteiger charge is -2.06. The zero-order chi connectivity index (χ0) is 15.1. The molecular formula is C17H17NO3. The van der Waals surface area contributed by atoms with Gasteiger partial charge in [-0.05, 0) is 30.2 Å². The Hall–Kier alpha value is -2.62. The van der Waals surface area contributed by atoms with Crippen molar-refractivity contribution in [3.63, 3.8) is 0 Å². The first-order valence-electron chi connectivity index (χ1n) is 6.80. The maximum absolute atomic E-state index is 11.8. The van der Waals surface area contributed by atoms with E-state index in [1.54, 1.807) is 12.1 Å². The van der Waals surface area contributed by atoms with Crippen LogP contribution in [-0.4, -0.2) is 25.0 Å². The smallest absolute Gasteiger partial charge is 0.338 e. The van der Waals surface area contributed by atoms with Crippen LogP contribution >= 0.6 is 0 Å². The molecule has 4 nitrogen and oxygen atoms in total. The molecule has 2 aromatic carbocycles. The zero-order valence-corrected chi connectivity index (χ0v) is 11.8. The molecule has 0 radical (unpaired) electrons. The molecule has 0 aliphatic rings. The van der Waals surface area contributed by atoms with Gasteiger partial charge < -0.3 is 10.1 Å². The fourth-order valence-electron chi connectivity index (χ4n) is 1.89. The molecule has 2 aromatic rings. The van der Waals surface area contributed by atoms with Gasteiger partial charge in [-0.2, -0.15) is 0 Å². The van der Waals surface area contributed by atoms with Crippen molar-refractivity contribution in [1.29, 1.82) is 0 Å². The third-order valence-electron chi connectivity index (χ3n) is 2.94. The number of esters is 1. The SMILES string of the molecule is CCNC(=O)COC(=O)c1ccc(-c2ccccc2)cc1. The van der Waals surface area contributed by atoms with E-state index in [0.717, 1.165) is 11.1 Å². The fourth-order valence-corrected chi connectivity index (χ4v) is 1.89.